The molecule has 1 rings (SSSR count). The lowest BCUT2D eigenvalue weighted by molar-refractivity contribution is -0.144. The van der Waals surface area contributed by atoms with Gasteiger partial charge in [0.25, 0.3) is 0 Å². The van der Waals surface area contributed by atoms with Crippen molar-refractivity contribution in [2.75, 3.05) is 13.2 Å². The van der Waals surface area contributed by atoms with E-state index in [0.717, 1.165) is 5.56 Å². The Morgan fingerprint density at radius 1 is 1.39 bits per heavy atom. The van der Waals surface area contributed by atoms with Gasteiger partial charge < -0.3 is 10.4 Å². The van der Waals surface area contributed by atoms with Gasteiger partial charge in [-0.3, -0.25) is 4.84 Å². The number of aliphatic carboxylic acids is 1. The van der Waals surface area contributed by atoms with E-state index >= 15 is 0 Å². The number of hydroxylamine groups is 1. The molecule has 0 bridgehead atoms. The van der Waals surface area contributed by atoms with E-state index in [1.165, 1.54) is 12.1 Å². The van der Waals surface area contributed by atoms with Crippen molar-refractivity contribution < 1.29 is 23.9 Å². The summed E-state index contributed by atoms with van der Waals surface area (Å²) in [5.74, 6) is -1.52. The molecule has 0 unspecified atom stereocenters. The Balaban J connectivity index is 2.17. The van der Waals surface area contributed by atoms with Crippen molar-refractivity contribution in [3.8, 4) is 0 Å². The Hall–Kier alpha value is -2.15. The van der Waals surface area contributed by atoms with E-state index in [-0.39, 0.29) is 12.4 Å². The minimum Gasteiger partial charge on any atom is -0.479 e. The monoisotopic (exact) mass is 256 g/mol. The zero-order chi connectivity index (χ0) is 13.4. The van der Waals surface area contributed by atoms with Gasteiger partial charge in [-0.15, -0.1) is 0 Å². The summed E-state index contributed by atoms with van der Waals surface area (Å²) < 4.78 is 12.8. The topological polar surface area (TPSA) is 87.7 Å². The van der Waals surface area contributed by atoms with Crippen molar-refractivity contribution in [1.29, 1.82) is 0 Å². The Kier molecular flexibility index (Phi) is 5.59. The fourth-order valence-electron chi connectivity index (χ4n) is 1.21. The number of hydrogen-bond donors (Lipinski definition) is 3. The largest absolute Gasteiger partial charge is 0.479 e. The number of rotatable bonds is 6. The Bertz CT molecular complexity index is 425. The first-order chi connectivity index (χ1) is 8.58. The van der Waals surface area contributed by atoms with Gasteiger partial charge in [-0.25, -0.2) is 19.5 Å². The van der Waals surface area contributed by atoms with Crippen molar-refractivity contribution in [2.45, 2.75) is 6.42 Å². The molecule has 0 atom stereocenters. The summed E-state index contributed by atoms with van der Waals surface area (Å²) >= 11 is 0. The van der Waals surface area contributed by atoms with Crippen LogP contribution < -0.4 is 10.8 Å². The van der Waals surface area contributed by atoms with Crippen molar-refractivity contribution in [1.82, 2.24) is 10.8 Å². The summed E-state index contributed by atoms with van der Waals surface area (Å²) in [7, 11) is 0. The molecule has 0 saturated heterocycles. The Labute approximate surface area is 103 Å². The number of carboxylic acid groups (broad SMARTS) is 1. The maximum Gasteiger partial charge on any atom is 0.338 e. The Morgan fingerprint density at radius 3 is 2.83 bits per heavy atom. The number of hydrogen-bond acceptors (Lipinski definition) is 3. The summed E-state index contributed by atoms with van der Waals surface area (Å²) in [6, 6.07) is 5.39. The molecule has 6 nitrogen and oxygen atoms in total. The average molecular weight is 256 g/mol. The number of urea groups is 1. The van der Waals surface area contributed by atoms with Crippen LogP contribution in [-0.2, 0) is 16.1 Å². The third kappa shape index (κ3) is 5.80. The lowest BCUT2D eigenvalue weighted by Gasteiger charge is -2.06. The molecule has 98 valence electrons. The second-order valence-electron chi connectivity index (χ2n) is 3.42. The molecule has 0 fully saturated rings. The maximum atomic E-state index is 12.8. The van der Waals surface area contributed by atoms with Gasteiger partial charge in [-0.05, 0) is 24.1 Å². The van der Waals surface area contributed by atoms with E-state index in [2.05, 4.69) is 10.2 Å². The molecule has 1 aromatic rings. The predicted octanol–water partition coefficient (Wildman–Crippen LogP) is 0.684. The molecule has 18 heavy (non-hydrogen) atoms. The highest BCUT2D eigenvalue weighted by molar-refractivity contribution is 5.73. The van der Waals surface area contributed by atoms with Crippen LogP contribution in [-0.4, -0.2) is 30.3 Å². The average Bonchev–Trinajstić information content (AvgIpc) is 2.28. The molecule has 0 aliphatic rings. The lowest BCUT2D eigenvalue weighted by atomic mass is 10.1. The molecule has 0 spiro atoms. The number of amides is 2. The van der Waals surface area contributed by atoms with Gasteiger partial charge in [-0.2, -0.15) is 0 Å². The van der Waals surface area contributed by atoms with E-state index in [9.17, 15) is 14.0 Å². The summed E-state index contributed by atoms with van der Waals surface area (Å²) in [6.45, 7) is -0.330. The van der Waals surface area contributed by atoms with E-state index in [0.29, 0.717) is 6.42 Å². The quantitative estimate of drug-likeness (QED) is 0.653. The number of carbonyl (C=O) groups excluding carboxylic acids is 1. The highest BCUT2D eigenvalue weighted by Gasteiger charge is 2.02. The minimum atomic E-state index is -1.19. The molecule has 0 aliphatic heterocycles. The van der Waals surface area contributed by atoms with Crippen LogP contribution in [0.3, 0.4) is 0 Å². The highest BCUT2D eigenvalue weighted by atomic mass is 19.1. The second-order valence-corrected chi connectivity index (χ2v) is 3.42. The molecule has 0 heterocycles. The number of carbonyl (C=O) groups is 2. The lowest BCUT2D eigenvalue weighted by Crippen LogP contribution is -2.37. The second kappa shape index (κ2) is 7.23. The first kappa shape index (κ1) is 13.9. The Morgan fingerprint density at radius 2 is 2.17 bits per heavy atom. The van der Waals surface area contributed by atoms with E-state index < -0.39 is 18.6 Å². The van der Waals surface area contributed by atoms with Crippen LogP contribution in [0.25, 0.3) is 0 Å². The summed E-state index contributed by atoms with van der Waals surface area (Å²) in [4.78, 5) is 25.5. The zero-order valence-corrected chi connectivity index (χ0v) is 9.48. The van der Waals surface area contributed by atoms with Crippen molar-refractivity contribution in [3.63, 3.8) is 0 Å². The standard InChI is InChI=1S/C11H13FN2O4/c12-9-3-1-2-8(6-9)4-5-13-11(17)14-18-7-10(15)16/h1-3,6H,4-5,7H2,(H,15,16)(H2,13,14,17). The molecule has 3 N–H and O–H groups in total. The van der Waals surface area contributed by atoms with Crippen LogP contribution >= 0.6 is 0 Å². The molecular formula is C11H13FN2O4. The number of carboxylic acids is 1. The van der Waals surface area contributed by atoms with Gasteiger partial charge in [0.15, 0.2) is 6.61 Å². The molecule has 7 heteroatoms. The highest BCUT2D eigenvalue weighted by Crippen LogP contribution is 2.03. The van der Waals surface area contributed by atoms with Gasteiger partial charge in [-0.1, -0.05) is 12.1 Å². The zero-order valence-electron chi connectivity index (χ0n) is 9.48. The first-order valence-electron chi connectivity index (χ1n) is 5.20. The van der Waals surface area contributed by atoms with E-state index in [1.807, 2.05) is 5.48 Å². The van der Waals surface area contributed by atoms with Gasteiger partial charge in [0.2, 0.25) is 0 Å². The van der Waals surface area contributed by atoms with Gasteiger partial charge in [0.1, 0.15) is 5.82 Å². The molecule has 1 aromatic carbocycles. The van der Waals surface area contributed by atoms with Crippen LogP contribution in [0.15, 0.2) is 24.3 Å². The van der Waals surface area contributed by atoms with Crippen molar-refractivity contribution in [2.24, 2.45) is 0 Å². The van der Waals surface area contributed by atoms with Crippen molar-refractivity contribution >= 4 is 12.0 Å². The van der Waals surface area contributed by atoms with Crippen LogP contribution in [0, 0.1) is 5.82 Å². The molecule has 0 aromatic heterocycles. The number of nitrogens with one attached hydrogen (secondary N) is 2. The third-order valence-corrected chi connectivity index (χ3v) is 1.95. The molecule has 0 aliphatic carbocycles. The minimum absolute atomic E-state index is 0.283. The van der Waals surface area contributed by atoms with Crippen LogP contribution in [0.5, 0.6) is 0 Å². The molecule has 2 amide bonds. The number of halogens is 1. The van der Waals surface area contributed by atoms with E-state index in [4.69, 9.17) is 5.11 Å². The van der Waals surface area contributed by atoms with Crippen LogP contribution in [0.1, 0.15) is 5.56 Å². The first-order valence-corrected chi connectivity index (χ1v) is 5.20. The third-order valence-electron chi connectivity index (χ3n) is 1.95. The summed E-state index contributed by atoms with van der Waals surface area (Å²) in [6.07, 6.45) is 0.462. The predicted molar refractivity (Wildman–Crippen MR) is 60.2 cm³/mol. The SMILES string of the molecule is O=C(O)CONC(=O)NCCc1cccc(F)c1. The normalized spacial score (nSPS) is 9.83. The fourth-order valence-corrected chi connectivity index (χ4v) is 1.21. The smallest absolute Gasteiger partial charge is 0.338 e. The van der Waals surface area contributed by atoms with Crippen LogP contribution in [0.4, 0.5) is 9.18 Å². The van der Waals surface area contributed by atoms with Crippen molar-refractivity contribution in [3.05, 3.63) is 35.6 Å². The van der Waals surface area contributed by atoms with Crippen LogP contribution in [0.2, 0.25) is 0 Å². The molecular weight excluding hydrogens is 243 g/mol. The van der Waals surface area contributed by atoms with Gasteiger partial charge >= 0.3 is 12.0 Å². The summed E-state index contributed by atoms with van der Waals surface area (Å²) in [5.41, 5.74) is 2.66. The maximum absolute atomic E-state index is 12.8. The molecule has 0 radical (unpaired) electrons. The fraction of sp³-hybridized carbons (Fsp3) is 0.273. The molecule has 0 saturated carbocycles. The van der Waals surface area contributed by atoms with Gasteiger partial charge in [0.05, 0.1) is 0 Å². The summed E-state index contributed by atoms with van der Waals surface area (Å²) in [5, 5.41) is 10.7. The number of benzene rings is 1. The van der Waals surface area contributed by atoms with Gasteiger partial charge in [0, 0.05) is 6.54 Å². The van der Waals surface area contributed by atoms with E-state index in [1.54, 1.807) is 12.1 Å².